The molecule has 2 aromatic carbocycles. The zero-order chi connectivity index (χ0) is 16.6. The number of aromatic nitrogens is 1. The number of nitrogens with two attached hydrogens (primary N) is 1. The highest BCUT2D eigenvalue weighted by molar-refractivity contribution is 5.84. The predicted octanol–water partition coefficient (Wildman–Crippen LogP) is 5.36. The standard InChI is InChI=1S/C20H24N2O/c1-12(2)7-15-11-22-19-6-5-17(10-18(15)19)23-20-13(3)8-16(21)9-14(20)4/h5-6,8-12,22H,7,21H2,1-4H3. The molecule has 0 fully saturated rings. The second kappa shape index (κ2) is 5.99. The molecule has 0 amide bonds. The first-order chi connectivity index (χ1) is 10.9. The Morgan fingerprint density at radius 1 is 1.09 bits per heavy atom. The number of aryl methyl sites for hydroxylation is 2. The van der Waals surface area contributed by atoms with Gasteiger partial charge in [0.25, 0.3) is 0 Å². The van der Waals surface area contributed by atoms with E-state index in [2.05, 4.69) is 37.2 Å². The lowest BCUT2D eigenvalue weighted by Gasteiger charge is -2.13. The fourth-order valence-corrected chi connectivity index (χ4v) is 3.09. The average Bonchev–Trinajstić information content (AvgIpc) is 2.85. The van der Waals surface area contributed by atoms with Crippen LogP contribution in [0.4, 0.5) is 5.69 Å². The fraction of sp³-hybridized carbons (Fsp3) is 0.300. The highest BCUT2D eigenvalue weighted by atomic mass is 16.5. The lowest BCUT2D eigenvalue weighted by atomic mass is 10.0. The minimum Gasteiger partial charge on any atom is -0.457 e. The van der Waals surface area contributed by atoms with Gasteiger partial charge in [0.2, 0.25) is 0 Å². The van der Waals surface area contributed by atoms with Gasteiger partial charge in [0, 0.05) is 22.8 Å². The van der Waals surface area contributed by atoms with Gasteiger partial charge in [-0.25, -0.2) is 0 Å². The molecule has 3 rings (SSSR count). The number of nitrogens with one attached hydrogen (secondary N) is 1. The van der Waals surface area contributed by atoms with E-state index in [9.17, 15) is 0 Å². The molecule has 3 heteroatoms. The van der Waals surface area contributed by atoms with Crippen LogP contribution in [-0.2, 0) is 6.42 Å². The van der Waals surface area contributed by atoms with Crippen LogP contribution in [0.1, 0.15) is 30.5 Å². The average molecular weight is 308 g/mol. The summed E-state index contributed by atoms with van der Waals surface area (Å²) in [6, 6.07) is 10.1. The quantitative estimate of drug-likeness (QED) is 0.638. The van der Waals surface area contributed by atoms with Gasteiger partial charge in [-0.3, -0.25) is 0 Å². The van der Waals surface area contributed by atoms with Crippen LogP contribution >= 0.6 is 0 Å². The van der Waals surface area contributed by atoms with Crippen LogP contribution < -0.4 is 10.5 Å². The number of hydrogen-bond acceptors (Lipinski definition) is 2. The van der Waals surface area contributed by atoms with Gasteiger partial charge in [-0.05, 0) is 73.2 Å². The van der Waals surface area contributed by atoms with Crippen molar-refractivity contribution in [3.8, 4) is 11.5 Å². The number of rotatable bonds is 4. The molecule has 0 radical (unpaired) electrons. The van der Waals surface area contributed by atoms with Crippen LogP contribution in [-0.4, -0.2) is 4.98 Å². The summed E-state index contributed by atoms with van der Waals surface area (Å²) in [5.41, 5.74) is 11.3. The molecule has 1 heterocycles. The molecule has 0 atom stereocenters. The van der Waals surface area contributed by atoms with Crippen molar-refractivity contribution in [3.05, 3.63) is 53.2 Å². The normalized spacial score (nSPS) is 11.3. The second-order valence-electron chi connectivity index (χ2n) is 6.71. The Morgan fingerprint density at radius 2 is 1.78 bits per heavy atom. The van der Waals surface area contributed by atoms with Gasteiger partial charge in [-0.15, -0.1) is 0 Å². The zero-order valence-corrected chi connectivity index (χ0v) is 14.2. The minimum absolute atomic E-state index is 0.625. The molecule has 0 aliphatic heterocycles. The highest BCUT2D eigenvalue weighted by Gasteiger charge is 2.10. The van der Waals surface area contributed by atoms with E-state index in [1.165, 1.54) is 10.9 Å². The van der Waals surface area contributed by atoms with Crippen molar-refractivity contribution in [2.45, 2.75) is 34.1 Å². The maximum atomic E-state index is 6.16. The monoisotopic (exact) mass is 308 g/mol. The molecule has 120 valence electrons. The maximum Gasteiger partial charge on any atom is 0.133 e. The van der Waals surface area contributed by atoms with Gasteiger partial charge in [0.1, 0.15) is 11.5 Å². The molecular weight excluding hydrogens is 284 g/mol. The molecule has 0 bridgehead atoms. The zero-order valence-electron chi connectivity index (χ0n) is 14.2. The Hall–Kier alpha value is -2.42. The minimum atomic E-state index is 0.625. The Morgan fingerprint density at radius 3 is 2.43 bits per heavy atom. The first-order valence-electron chi connectivity index (χ1n) is 8.08. The number of aromatic amines is 1. The van der Waals surface area contributed by atoms with E-state index < -0.39 is 0 Å². The first-order valence-corrected chi connectivity index (χ1v) is 8.08. The summed E-state index contributed by atoms with van der Waals surface area (Å²) in [5.74, 6) is 2.37. The lowest BCUT2D eigenvalue weighted by molar-refractivity contribution is 0.476. The van der Waals surface area contributed by atoms with Crippen molar-refractivity contribution in [3.63, 3.8) is 0 Å². The third-order valence-electron chi connectivity index (χ3n) is 4.07. The molecule has 0 aliphatic carbocycles. The molecule has 3 nitrogen and oxygen atoms in total. The Kier molecular flexibility index (Phi) is 4.03. The van der Waals surface area contributed by atoms with Crippen LogP contribution in [0.3, 0.4) is 0 Å². The van der Waals surface area contributed by atoms with Gasteiger partial charge >= 0.3 is 0 Å². The van der Waals surface area contributed by atoms with Crippen LogP contribution in [0.2, 0.25) is 0 Å². The van der Waals surface area contributed by atoms with E-state index in [4.69, 9.17) is 10.5 Å². The molecule has 0 unspecified atom stereocenters. The molecule has 1 aromatic heterocycles. The van der Waals surface area contributed by atoms with Crippen LogP contribution in [0.25, 0.3) is 10.9 Å². The van der Waals surface area contributed by atoms with Gasteiger partial charge < -0.3 is 15.5 Å². The second-order valence-corrected chi connectivity index (χ2v) is 6.71. The smallest absolute Gasteiger partial charge is 0.133 e. The fourth-order valence-electron chi connectivity index (χ4n) is 3.09. The Balaban J connectivity index is 1.98. The summed E-state index contributed by atoms with van der Waals surface area (Å²) in [4.78, 5) is 3.34. The van der Waals surface area contributed by atoms with Gasteiger partial charge in [0.15, 0.2) is 0 Å². The van der Waals surface area contributed by atoms with Crippen LogP contribution in [0.15, 0.2) is 36.5 Å². The summed E-state index contributed by atoms with van der Waals surface area (Å²) >= 11 is 0. The third kappa shape index (κ3) is 3.19. The number of fused-ring (bicyclic) bond motifs is 1. The van der Waals surface area contributed by atoms with E-state index in [-0.39, 0.29) is 0 Å². The summed E-state index contributed by atoms with van der Waals surface area (Å²) in [6.45, 7) is 8.52. The van der Waals surface area contributed by atoms with Crippen LogP contribution in [0, 0.1) is 19.8 Å². The SMILES string of the molecule is Cc1cc(N)cc(C)c1Oc1ccc2[nH]cc(CC(C)C)c2c1. The summed E-state index contributed by atoms with van der Waals surface area (Å²) in [7, 11) is 0. The molecule has 0 spiro atoms. The largest absolute Gasteiger partial charge is 0.457 e. The third-order valence-corrected chi connectivity index (χ3v) is 4.07. The van der Waals surface area contributed by atoms with Crippen molar-refractivity contribution in [1.82, 2.24) is 4.98 Å². The van der Waals surface area contributed by atoms with E-state index in [0.29, 0.717) is 5.92 Å². The number of anilines is 1. The van der Waals surface area contributed by atoms with E-state index >= 15 is 0 Å². The molecule has 23 heavy (non-hydrogen) atoms. The number of ether oxygens (including phenoxy) is 1. The number of hydrogen-bond donors (Lipinski definition) is 2. The van der Waals surface area contributed by atoms with Crippen molar-refractivity contribution in [1.29, 1.82) is 0 Å². The first kappa shape index (κ1) is 15.5. The van der Waals surface area contributed by atoms with E-state index in [1.54, 1.807) is 0 Å². The van der Waals surface area contributed by atoms with Crippen molar-refractivity contribution >= 4 is 16.6 Å². The Labute approximate surface area is 137 Å². The van der Waals surface area contributed by atoms with Crippen molar-refractivity contribution < 1.29 is 4.74 Å². The highest BCUT2D eigenvalue weighted by Crippen LogP contribution is 2.33. The molecule has 0 saturated carbocycles. The molecule has 0 saturated heterocycles. The molecular formula is C20H24N2O. The number of nitrogen functional groups attached to an aromatic ring is 1. The maximum absolute atomic E-state index is 6.16. The molecule has 3 N–H and O–H groups in total. The molecule has 3 aromatic rings. The van der Waals surface area contributed by atoms with Gasteiger partial charge in [-0.1, -0.05) is 13.8 Å². The summed E-state index contributed by atoms with van der Waals surface area (Å²) in [6.07, 6.45) is 3.16. The van der Waals surface area contributed by atoms with E-state index in [0.717, 1.165) is 40.3 Å². The van der Waals surface area contributed by atoms with Crippen molar-refractivity contribution in [2.75, 3.05) is 5.73 Å². The van der Waals surface area contributed by atoms with Crippen LogP contribution in [0.5, 0.6) is 11.5 Å². The number of H-pyrrole nitrogens is 1. The topological polar surface area (TPSA) is 51.0 Å². The summed E-state index contributed by atoms with van der Waals surface area (Å²) < 4.78 is 6.16. The predicted molar refractivity (Wildman–Crippen MR) is 97.2 cm³/mol. The lowest BCUT2D eigenvalue weighted by Crippen LogP contribution is -1.95. The van der Waals surface area contributed by atoms with Gasteiger partial charge in [0.05, 0.1) is 0 Å². The Bertz CT molecular complexity index is 823. The number of benzene rings is 2. The van der Waals surface area contributed by atoms with Gasteiger partial charge in [-0.2, -0.15) is 0 Å². The van der Waals surface area contributed by atoms with Crippen molar-refractivity contribution in [2.24, 2.45) is 5.92 Å². The van der Waals surface area contributed by atoms with E-state index in [1.807, 2.05) is 32.0 Å². The molecule has 0 aliphatic rings. The summed E-state index contributed by atoms with van der Waals surface area (Å²) in [5, 5.41) is 1.24.